The Morgan fingerprint density at radius 3 is 2.43 bits per heavy atom. The van der Waals surface area contributed by atoms with Gasteiger partial charge in [-0.25, -0.2) is 9.59 Å². The molecule has 2 fully saturated rings. The van der Waals surface area contributed by atoms with Crippen molar-refractivity contribution >= 4 is 12.0 Å². The van der Waals surface area contributed by atoms with Gasteiger partial charge in [-0.05, 0) is 42.6 Å². The molecule has 5 nitrogen and oxygen atoms in total. The summed E-state index contributed by atoms with van der Waals surface area (Å²) >= 11 is 0. The smallest absolute Gasteiger partial charge is 0.330 e. The molecular weight excluding hydrogens is 268 g/mol. The number of rotatable bonds is 6. The summed E-state index contributed by atoms with van der Waals surface area (Å²) in [4.78, 5) is 23.3. The molecule has 1 atom stereocenters. The van der Waals surface area contributed by atoms with E-state index in [1.54, 1.807) is 24.3 Å². The van der Waals surface area contributed by atoms with Gasteiger partial charge >= 0.3 is 12.0 Å². The van der Waals surface area contributed by atoms with Gasteiger partial charge in [-0.3, -0.25) is 0 Å². The third-order valence-corrected chi connectivity index (χ3v) is 4.59. The van der Waals surface area contributed by atoms with Crippen molar-refractivity contribution in [3.8, 4) is 0 Å². The number of carbonyl (C=O) groups excluding carboxylic acids is 1. The zero-order valence-electron chi connectivity index (χ0n) is 11.8. The number of hydrogen-bond acceptors (Lipinski definition) is 2. The Morgan fingerprint density at radius 2 is 1.90 bits per heavy atom. The van der Waals surface area contributed by atoms with Crippen LogP contribution in [0.15, 0.2) is 30.3 Å². The Labute approximate surface area is 123 Å². The SMILES string of the molecule is O=C(NCC1(C2CC2)CC1)N[C@@H](C(=O)O)c1ccccc1. The summed E-state index contributed by atoms with van der Waals surface area (Å²) in [6, 6.07) is 7.32. The molecule has 0 aromatic heterocycles. The van der Waals surface area contributed by atoms with Crippen LogP contribution in [0.5, 0.6) is 0 Å². The average Bonchev–Trinajstić information content (AvgIpc) is 3.36. The van der Waals surface area contributed by atoms with Gasteiger partial charge in [-0.15, -0.1) is 0 Å². The number of carbonyl (C=O) groups is 2. The number of carboxylic acid groups (broad SMARTS) is 1. The fraction of sp³-hybridized carbons (Fsp3) is 0.500. The van der Waals surface area contributed by atoms with Gasteiger partial charge in [0, 0.05) is 6.54 Å². The second-order valence-corrected chi connectivity index (χ2v) is 6.15. The van der Waals surface area contributed by atoms with Gasteiger partial charge in [0.1, 0.15) is 0 Å². The molecule has 1 aromatic rings. The minimum absolute atomic E-state index is 0.308. The normalized spacial score (nSPS) is 20.4. The third-order valence-electron chi connectivity index (χ3n) is 4.59. The van der Waals surface area contributed by atoms with Crippen LogP contribution in [0.4, 0.5) is 4.79 Å². The van der Waals surface area contributed by atoms with Gasteiger partial charge in [0.05, 0.1) is 0 Å². The minimum Gasteiger partial charge on any atom is -0.479 e. The summed E-state index contributed by atoms with van der Waals surface area (Å²) in [5, 5.41) is 14.7. The Bertz CT molecular complexity index is 536. The number of benzene rings is 1. The van der Waals surface area contributed by atoms with E-state index in [-0.39, 0.29) is 0 Å². The molecular formula is C16H20N2O3. The number of carboxylic acids is 1. The van der Waals surface area contributed by atoms with E-state index in [0.29, 0.717) is 17.5 Å². The van der Waals surface area contributed by atoms with Gasteiger partial charge in [-0.1, -0.05) is 30.3 Å². The Morgan fingerprint density at radius 1 is 1.24 bits per heavy atom. The van der Waals surface area contributed by atoms with E-state index in [4.69, 9.17) is 0 Å². The maximum absolute atomic E-state index is 12.0. The van der Waals surface area contributed by atoms with Crippen molar-refractivity contribution in [3.63, 3.8) is 0 Å². The van der Waals surface area contributed by atoms with Crippen LogP contribution >= 0.6 is 0 Å². The predicted octanol–water partition coefficient (Wildman–Crippen LogP) is 2.30. The number of amides is 2. The zero-order chi connectivity index (χ0) is 14.9. The molecule has 5 heteroatoms. The summed E-state index contributed by atoms with van der Waals surface area (Å²) in [6.45, 7) is 0.657. The number of aliphatic carboxylic acids is 1. The monoisotopic (exact) mass is 288 g/mol. The van der Waals surface area contributed by atoms with Crippen molar-refractivity contribution in [2.75, 3.05) is 6.54 Å². The topological polar surface area (TPSA) is 78.4 Å². The third kappa shape index (κ3) is 3.17. The first-order chi connectivity index (χ1) is 10.1. The average molecular weight is 288 g/mol. The molecule has 3 N–H and O–H groups in total. The molecule has 0 radical (unpaired) electrons. The van der Waals surface area contributed by atoms with E-state index in [0.717, 1.165) is 5.92 Å². The Kier molecular flexibility index (Phi) is 3.57. The van der Waals surface area contributed by atoms with Crippen molar-refractivity contribution in [1.82, 2.24) is 10.6 Å². The molecule has 112 valence electrons. The van der Waals surface area contributed by atoms with Gasteiger partial charge in [-0.2, -0.15) is 0 Å². The molecule has 2 aliphatic rings. The highest BCUT2D eigenvalue weighted by Crippen LogP contribution is 2.60. The fourth-order valence-electron chi connectivity index (χ4n) is 2.96. The molecule has 2 amide bonds. The van der Waals surface area contributed by atoms with E-state index >= 15 is 0 Å². The summed E-state index contributed by atoms with van der Waals surface area (Å²) < 4.78 is 0. The Hall–Kier alpha value is -2.04. The highest BCUT2D eigenvalue weighted by Gasteiger charge is 2.53. The lowest BCUT2D eigenvalue weighted by Crippen LogP contribution is -2.43. The molecule has 2 saturated carbocycles. The van der Waals surface area contributed by atoms with Crippen molar-refractivity contribution < 1.29 is 14.7 Å². The van der Waals surface area contributed by atoms with E-state index in [1.807, 2.05) is 6.07 Å². The summed E-state index contributed by atoms with van der Waals surface area (Å²) in [6.07, 6.45) is 4.90. The first kappa shape index (κ1) is 13.9. The molecule has 3 rings (SSSR count). The second-order valence-electron chi connectivity index (χ2n) is 6.15. The summed E-state index contributed by atoms with van der Waals surface area (Å²) in [5.41, 5.74) is 0.881. The van der Waals surface area contributed by atoms with Crippen LogP contribution in [0.2, 0.25) is 0 Å². The van der Waals surface area contributed by atoms with Crippen molar-refractivity contribution in [2.24, 2.45) is 11.3 Å². The fourth-order valence-corrected chi connectivity index (χ4v) is 2.96. The highest BCUT2D eigenvalue weighted by molar-refractivity contribution is 5.83. The number of urea groups is 1. The first-order valence-corrected chi connectivity index (χ1v) is 7.43. The second kappa shape index (κ2) is 5.39. The molecule has 2 aliphatic carbocycles. The van der Waals surface area contributed by atoms with Crippen molar-refractivity contribution in [3.05, 3.63) is 35.9 Å². The maximum Gasteiger partial charge on any atom is 0.330 e. The first-order valence-electron chi connectivity index (χ1n) is 7.43. The molecule has 0 bridgehead atoms. The van der Waals surface area contributed by atoms with Crippen LogP contribution in [0.1, 0.15) is 37.3 Å². The molecule has 0 spiro atoms. The predicted molar refractivity (Wildman–Crippen MR) is 77.7 cm³/mol. The van der Waals surface area contributed by atoms with Crippen LogP contribution in [0.25, 0.3) is 0 Å². The highest BCUT2D eigenvalue weighted by atomic mass is 16.4. The van der Waals surface area contributed by atoms with Crippen molar-refractivity contribution in [2.45, 2.75) is 31.7 Å². The lowest BCUT2D eigenvalue weighted by molar-refractivity contribution is -0.139. The molecule has 21 heavy (non-hydrogen) atoms. The van der Waals surface area contributed by atoms with Gasteiger partial charge < -0.3 is 15.7 Å². The molecule has 0 unspecified atom stereocenters. The van der Waals surface area contributed by atoms with Crippen LogP contribution in [0, 0.1) is 11.3 Å². The molecule has 0 saturated heterocycles. The van der Waals surface area contributed by atoms with E-state index in [1.165, 1.54) is 25.7 Å². The largest absolute Gasteiger partial charge is 0.479 e. The van der Waals surface area contributed by atoms with Gasteiger partial charge in [0.15, 0.2) is 6.04 Å². The summed E-state index contributed by atoms with van der Waals surface area (Å²) in [7, 11) is 0. The van der Waals surface area contributed by atoms with Crippen LogP contribution in [-0.2, 0) is 4.79 Å². The minimum atomic E-state index is -1.06. The quantitative estimate of drug-likeness (QED) is 0.751. The molecule has 1 aromatic carbocycles. The number of nitrogens with one attached hydrogen (secondary N) is 2. The van der Waals surface area contributed by atoms with Gasteiger partial charge in [0.2, 0.25) is 0 Å². The zero-order valence-corrected chi connectivity index (χ0v) is 11.8. The van der Waals surface area contributed by atoms with Crippen LogP contribution < -0.4 is 10.6 Å². The van der Waals surface area contributed by atoms with Crippen LogP contribution in [0.3, 0.4) is 0 Å². The van der Waals surface area contributed by atoms with E-state index in [2.05, 4.69) is 10.6 Å². The molecule has 0 heterocycles. The van der Waals surface area contributed by atoms with Gasteiger partial charge in [0.25, 0.3) is 0 Å². The standard InChI is InChI=1S/C16H20N2O3/c19-14(20)13(11-4-2-1-3-5-11)18-15(21)17-10-16(8-9-16)12-6-7-12/h1-5,12-13H,6-10H2,(H,19,20)(H2,17,18,21)/t13-/m1/s1. The van der Waals surface area contributed by atoms with Crippen molar-refractivity contribution in [1.29, 1.82) is 0 Å². The summed E-state index contributed by atoms with van der Waals surface area (Å²) in [5.74, 6) is -0.290. The van der Waals surface area contributed by atoms with E-state index < -0.39 is 18.0 Å². The Balaban J connectivity index is 1.55. The molecule has 0 aliphatic heterocycles. The van der Waals surface area contributed by atoms with Crippen LogP contribution in [-0.4, -0.2) is 23.7 Å². The maximum atomic E-state index is 12.0. The lowest BCUT2D eigenvalue weighted by atomic mass is 10.0. The lowest BCUT2D eigenvalue weighted by Gasteiger charge is -2.18. The number of hydrogen-bond donors (Lipinski definition) is 3. The van der Waals surface area contributed by atoms with E-state index in [9.17, 15) is 14.7 Å².